The lowest BCUT2D eigenvalue weighted by molar-refractivity contribution is 0.0587. The van der Waals surface area contributed by atoms with E-state index in [-0.39, 0.29) is 22.4 Å². The van der Waals surface area contributed by atoms with E-state index in [2.05, 4.69) is 19.5 Å². The van der Waals surface area contributed by atoms with Crippen molar-refractivity contribution in [2.24, 2.45) is 0 Å². The van der Waals surface area contributed by atoms with E-state index in [0.29, 0.717) is 5.69 Å². The van der Waals surface area contributed by atoms with E-state index < -0.39 is 27.9 Å². The molecule has 1 amide bonds. The van der Waals surface area contributed by atoms with Gasteiger partial charge in [0.1, 0.15) is 0 Å². The molecule has 0 saturated carbocycles. The molecule has 0 bridgehead atoms. The summed E-state index contributed by atoms with van der Waals surface area (Å²) < 4.78 is 34.1. The van der Waals surface area contributed by atoms with Crippen molar-refractivity contribution >= 4 is 39.2 Å². The van der Waals surface area contributed by atoms with Gasteiger partial charge in [-0.3, -0.25) is 9.52 Å². The van der Waals surface area contributed by atoms with Crippen molar-refractivity contribution in [1.29, 1.82) is 0 Å². The first-order valence-corrected chi connectivity index (χ1v) is 9.73. The Morgan fingerprint density at radius 2 is 1.43 bits per heavy atom. The van der Waals surface area contributed by atoms with Crippen LogP contribution >= 0.6 is 0 Å². The second-order valence-electron chi connectivity index (χ2n) is 5.65. The van der Waals surface area contributed by atoms with Gasteiger partial charge >= 0.3 is 11.9 Å². The van der Waals surface area contributed by atoms with E-state index >= 15 is 0 Å². The number of benzene rings is 2. The van der Waals surface area contributed by atoms with Gasteiger partial charge < -0.3 is 14.8 Å². The van der Waals surface area contributed by atoms with Crippen LogP contribution in [0.25, 0.3) is 0 Å². The predicted molar refractivity (Wildman–Crippen MR) is 102 cm³/mol. The van der Waals surface area contributed by atoms with E-state index in [4.69, 9.17) is 0 Å². The van der Waals surface area contributed by atoms with Crippen molar-refractivity contribution in [3.63, 3.8) is 0 Å². The smallest absolute Gasteiger partial charge is 0.339 e. The third-order valence-electron chi connectivity index (χ3n) is 3.54. The highest BCUT2D eigenvalue weighted by Crippen LogP contribution is 2.21. The van der Waals surface area contributed by atoms with Crippen LogP contribution in [0.2, 0.25) is 0 Å². The summed E-state index contributed by atoms with van der Waals surface area (Å²) in [5.74, 6) is -1.90. The van der Waals surface area contributed by atoms with E-state index in [1.54, 1.807) is 0 Å². The van der Waals surface area contributed by atoms with Gasteiger partial charge in [0.05, 0.1) is 37.3 Å². The van der Waals surface area contributed by atoms with Crippen molar-refractivity contribution in [2.45, 2.75) is 0 Å². The average molecular weight is 406 g/mol. The number of nitrogens with one attached hydrogen (secondary N) is 2. The highest BCUT2D eigenvalue weighted by Gasteiger charge is 2.18. The van der Waals surface area contributed by atoms with Crippen LogP contribution in [0.15, 0.2) is 42.5 Å². The second kappa shape index (κ2) is 8.53. The molecule has 28 heavy (non-hydrogen) atoms. The standard InChI is InChI=1S/C18H18N2O7S/c1-26-17(22)12-6-9-14(18(23)27-2)15(10-12)19-16(21)11-4-7-13(8-5-11)20-28(3,24)25/h4-10,20H,1-3H3,(H,19,21). The molecule has 10 heteroatoms. The topological polar surface area (TPSA) is 128 Å². The summed E-state index contributed by atoms with van der Waals surface area (Å²) in [6.45, 7) is 0. The van der Waals surface area contributed by atoms with E-state index in [1.165, 1.54) is 56.7 Å². The molecule has 0 spiro atoms. The molecule has 2 aromatic carbocycles. The Balaban J connectivity index is 2.31. The number of carbonyl (C=O) groups excluding carboxylic acids is 3. The number of sulfonamides is 1. The highest BCUT2D eigenvalue weighted by atomic mass is 32.2. The van der Waals surface area contributed by atoms with Crippen molar-refractivity contribution in [3.8, 4) is 0 Å². The minimum absolute atomic E-state index is 0.0545. The van der Waals surface area contributed by atoms with Gasteiger partial charge in [0.25, 0.3) is 5.91 Å². The molecule has 0 aliphatic rings. The first-order valence-electron chi connectivity index (χ1n) is 7.84. The molecular weight excluding hydrogens is 388 g/mol. The van der Waals surface area contributed by atoms with Crippen molar-refractivity contribution in [2.75, 3.05) is 30.5 Å². The van der Waals surface area contributed by atoms with E-state index in [9.17, 15) is 22.8 Å². The normalized spacial score (nSPS) is 10.7. The summed E-state index contributed by atoms with van der Waals surface area (Å²) in [6, 6.07) is 9.67. The zero-order valence-electron chi connectivity index (χ0n) is 15.3. The fourth-order valence-electron chi connectivity index (χ4n) is 2.28. The molecule has 0 atom stereocenters. The fourth-order valence-corrected chi connectivity index (χ4v) is 2.84. The Labute approximate surface area is 161 Å². The summed E-state index contributed by atoms with van der Waals surface area (Å²) in [5.41, 5.74) is 0.760. The van der Waals surface area contributed by atoms with Crippen LogP contribution in [0.3, 0.4) is 0 Å². The molecule has 0 radical (unpaired) electrons. The Hall–Kier alpha value is -3.40. The maximum atomic E-state index is 12.5. The van der Waals surface area contributed by atoms with Crippen molar-refractivity contribution < 1.29 is 32.3 Å². The van der Waals surface area contributed by atoms with Gasteiger partial charge in [0.15, 0.2) is 0 Å². The average Bonchev–Trinajstić information content (AvgIpc) is 2.66. The summed E-state index contributed by atoms with van der Waals surface area (Å²) in [5, 5.41) is 2.54. The Bertz CT molecular complexity index is 1010. The van der Waals surface area contributed by atoms with E-state index in [1.807, 2.05) is 0 Å². The van der Waals surface area contributed by atoms with Crippen LogP contribution in [0.4, 0.5) is 11.4 Å². The fraction of sp³-hybridized carbons (Fsp3) is 0.167. The van der Waals surface area contributed by atoms with Crippen LogP contribution in [0.1, 0.15) is 31.1 Å². The molecule has 0 heterocycles. The Morgan fingerprint density at radius 3 is 1.96 bits per heavy atom. The number of anilines is 2. The molecule has 2 aromatic rings. The van der Waals surface area contributed by atoms with Gasteiger partial charge in [0.2, 0.25) is 10.0 Å². The summed E-state index contributed by atoms with van der Waals surface area (Å²) >= 11 is 0. The maximum Gasteiger partial charge on any atom is 0.339 e. The number of amides is 1. The van der Waals surface area contributed by atoms with Crippen molar-refractivity contribution in [3.05, 3.63) is 59.2 Å². The summed E-state index contributed by atoms with van der Waals surface area (Å²) in [4.78, 5) is 36.1. The number of carbonyl (C=O) groups is 3. The molecule has 0 saturated heterocycles. The number of esters is 2. The van der Waals surface area contributed by atoms with Crippen LogP contribution in [0, 0.1) is 0 Å². The van der Waals surface area contributed by atoms with Gasteiger partial charge in [-0.15, -0.1) is 0 Å². The van der Waals surface area contributed by atoms with Crippen LogP contribution in [-0.4, -0.2) is 46.7 Å². The molecule has 2 N–H and O–H groups in total. The molecule has 0 aromatic heterocycles. The van der Waals surface area contributed by atoms with Crippen LogP contribution in [-0.2, 0) is 19.5 Å². The number of hydrogen-bond acceptors (Lipinski definition) is 7. The van der Waals surface area contributed by atoms with Gasteiger partial charge in [-0.1, -0.05) is 0 Å². The minimum Gasteiger partial charge on any atom is -0.465 e. The SMILES string of the molecule is COC(=O)c1ccc(C(=O)OC)c(NC(=O)c2ccc(NS(C)(=O)=O)cc2)c1. The Morgan fingerprint density at radius 1 is 0.857 bits per heavy atom. The monoisotopic (exact) mass is 406 g/mol. The Kier molecular flexibility index (Phi) is 6.37. The molecule has 9 nitrogen and oxygen atoms in total. The van der Waals surface area contributed by atoms with Gasteiger partial charge in [-0.05, 0) is 42.5 Å². The molecule has 148 valence electrons. The molecule has 0 aliphatic carbocycles. The second-order valence-corrected chi connectivity index (χ2v) is 7.40. The first-order chi connectivity index (χ1) is 13.1. The lowest BCUT2D eigenvalue weighted by atomic mass is 10.1. The maximum absolute atomic E-state index is 12.5. The lowest BCUT2D eigenvalue weighted by Crippen LogP contribution is -2.16. The summed E-state index contributed by atoms with van der Waals surface area (Å²) in [6.07, 6.45) is 1.01. The quantitative estimate of drug-likeness (QED) is 0.701. The van der Waals surface area contributed by atoms with Gasteiger partial charge in [0, 0.05) is 11.3 Å². The number of hydrogen-bond donors (Lipinski definition) is 2. The molecule has 2 rings (SSSR count). The molecule has 0 fully saturated rings. The zero-order chi connectivity index (χ0) is 20.9. The van der Waals surface area contributed by atoms with Crippen LogP contribution < -0.4 is 10.0 Å². The first kappa shape index (κ1) is 20.9. The van der Waals surface area contributed by atoms with E-state index in [0.717, 1.165) is 6.26 Å². The minimum atomic E-state index is -3.44. The largest absolute Gasteiger partial charge is 0.465 e. The van der Waals surface area contributed by atoms with Gasteiger partial charge in [-0.2, -0.15) is 0 Å². The summed E-state index contributed by atoms with van der Waals surface area (Å²) in [7, 11) is -1.04. The van der Waals surface area contributed by atoms with Gasteiger partial charge in [-0.25, -0.2) is 18.0 Å². The third kappa shape index (κ3) is 5.30. The molecule has 0 unspecified atom stereocenters. The zero-order valence-corrected chi connectivity index (χ0v) is 16.1. The third-order valence-corrected chi connectivity index (χ3v) is 4.15. The predicted octanol–water partition coefficient (Wildman–Crippen LogP) is 1.88. The van der Waals surface area contributed by atoms with Crippen LogP contribution in [0.5, 0.6) is 0 Å². The molecule has 0 aliphatic heterocycles. The number of methoxy groups -OCH3 is 2. The number of ether oxygens (including phenoxy) is 2. The number of rotatable bonds is 6. The highest BCUT2D eigenvalue weighted by molar-refractivity contribution is 7.92. The molecular formula is C18H18N2O7S. The van der Waals surface area contributed by atoms with Crippen molar-refractivity contribution in [1.82, 2.24) is 0 Å². The lowest BCUT2D eigenvalue weighted by Gasteiger charge is -2.12.